The van der Waals surface area contributed by atoms with Crippen LogP contribution < -0.4 is 28.4 Å². The quantitative estimate of drug-likeness (QED) is 0.185. The van der Waals surface area contributed by atoms with Gasteiger partial charge in [-0.3, -0.25) is 5.84 Å². The van der Waals surface area contributed by atoms with Crippen LogP contribution in [-0.4, -0.2) is 16.4 Å². The van der Waals surface area contributed by atoms with E-state index in [9.17, 15) is 0 Å². The van der Waals surface area contributed by atoms with E-state index in [1.807, 2.05) is 24.3 Å². The lowest BCUT2D eigenvalue weighted by molar-refractivity contribution is -0.624. The van der Waals surface area contributed by atoms with Crippen molar-refractivity contribution >= 4 is 34.8 Å². The predicted molar refractivity (Wildman–Crippen MR) is 69.3 cm³/mol. The highest BCUT2D eigenvalue weighted by molar-refractivity contribution is 14.1. The zero-order chi connectivity index (χ0) is 11.4. The number of nitrogens with two attached hydrogens (primary N) is 1. The molecule has 1 heterocycles. The van der Waals surface area contributed by atoms with Crippen molar-refractivity contribution in [2.45, 2.75) is 0 Å². The number of rotatable bonds is 3. The van der Waals surface area contributed by atoms with Crippen molar-refractivity contribution in [3.63, 3.8) is 0 Å². The highest BCUT2D eigenvalue weighted by atomic mass is 127. The summed E-state index contributed by atoms with van der Waals surface area (Å²) in [5.41, 5.74) is 3.75. The van der Waals surface area contributed by atoms with Crippen LogP contribution in [0.2, 0.25) is 0 Å². The van der Waals surface area contributed by atoms with Crippen LogP contribution in [0.5, 0.6) is 0 Å². The molecule has 0 atom stereocenters. The van der Waals surface area contributed by atoms with E-state index < -0.39 is 0 Å². The van der Waals surface area contributed by atoms with E-state index in [4.69, 9.17) is 5.84 Å². The molecule has 2 aromatic rings. The molecule has 4 N–H and O–H groups in total. The van der Waals surface area contributed by atoms with Gasteiger partial charge in [-0.1, -0.05) is 12.1 Å². The Balaban J connectivity index is 0.00000144. The maximum Gasteiger partial charge on any atom is 0.386 e. The fourth-order valence-corrected chi connectivity index (χ4v) is 1.43. The summed E-state index contributed by atoms with van der Waals surface area (Å²) in [5, 5.41) is 10.4. The van der Waals surface area contributed by atoms with Gasteiger partial charge in [-0.2, -0.15) is 5.43 Å². The van der Waals surface area contributed by atoms with Gasteiger partial charge in [0.05, 0.1) is 6.21 Å². The lowest BCUT2D eigenvalue weighted by atomic mass is 10.2. The maximum atomic E-state index is 5.53. The normalized spacial score (nSPS) is 10.2. The molecule has 0 aliphatic rings. The van der Waals surface area contributed by atoms with Gasteiger partial charge in [0.25, 0.3) is 6.33 Å². The molecule has 0 radical (unpaired) electrons. The van der Waals surface area contributed by atoms with Crippen LogP contribution in [0.3, 0.4) is 0 Å². The first-order valence-corrected chi connectivity index (χ1v) is 5.58. The summed E-state index contributed by atoms with van der Waals surface area (Å²) in [5.74, 6) is 6.04. The molecule has 2 rings (SSSR count). The molecule has 0 fully saturated rings. The smallest absolute Gasteiger partial charge is 0.386 e. The van der Waals surface area contributed by atoms with Gasteiger partial charge in [-0.05, 0) is 45.4 Å². The molecule has 0 amide bonds. The molecule has 0 saturated carbocycles. The number of nitrogens with zero attached hydrogens (tertiary/aromatic N) is 3. The Morgan fingerprint density at radius 1 is 1.41 bits per heavy atom. The molecular formula is C9H10ClIN6. The maximum absolute atomic E-state index is 5.53. The second-order valence-electron chi connectivity index (χ2n) is 3.03. The molecule has 0 aliphatic heterocycles. The Kier molecular flexibility index (Phi) is 5.16. The summed E-state index contributed by atoms with van der Waals surface area (Å²) in [7, 11) is 0. The average molecular weight is 365 g/mol. The molecule has 1 aromatic carbocycles. The van der Waals surface area contributed by atoms with Gasteiger partial charge in [0.2, 0.25) is 0 Å². The van der Waals surface area contributed by atoms with Gasteiger partial charge in [0.1, 0.15) is 0 Å². The third-order valence-corrected chi connectivity index (χ3v) is 2.58. The van der Waals surface area contributed by atoms with Gasteiger partial charge in [0, 0.05) is 3.57 Å². The number of aromatic nitrogens is 3. The first-order chi connectivity index (χ1) is 7.75. The number of halogens is 2. The number of nitrogen functional groups attached to an aromatic ring is 1. The van der Waals surface area contributed by atoms with E-state index in [0.717, 1.165) is 5.56 Å². The zero-order valence-electron chi connectivity index (χ0n) is 8.64. The van der Waals surface area contributed by atoms with Crippen LogP contribution in [0, 0.1) is 3.57 Å². The van der Waals surface area contributed by atoms with Crippen LogP contribution >= 0.6 is 22.6 Å². The molecule has 0 bridgehead atoms. The Morgan fingerprint density at radius 2 is 2.12 bits per heavy atom. The minimum Gasteiger partial charge on any atom is -1.00 e. The van der Waals surface area contributed by atoms with Gasteiger partial charge >= 0.3 is 5.95 Å². The minimum absolute atomic E-state index is 0. The van der Waals surface area contributed by atoms with E-state index in [0.29, 0.717) is 5.95 Å². The number of anilines is 1. The molecule has 6 nitrogen and oxygen atoms in total. The Hall–Kier alpha value is -1.35. The van der Waals surface area contributed by atoms with Crippen LogP contribution in [0.1, 0.15) is 5.56 Å². The van der Waals surface area contributed by atoms with Crippen LogP contribution in [0.4, 0.5) is 5.95 Å². The minimum atomic E-state index is 0. The number of hydrogen-bond donors (Lipinski definition) is 3. The second-order valence-corrected chi connectivity index (χ2v) is 4.28. The summed E-state index contributed by atoms with van der Waals surface area (Å²) in [6, 6.07) is 8.00. The van der Waals surface area contributed by atoms with E-state index in [2.05, 4.69) is 43.3 Å². The van der Waals surface area contributed by atoms with E-state index in [-0.39, 0.29) is 12.4 Å². The molecule has 8 heteroatoms. The first kappa shape index (κ1) is 13.7. The summed E-state index contributed by atoms with van der Waals surface area (Å²) >= 11 is 2.25. The van der Waals surface area contributed by atoms with E-state index >= 15 is 0 Å². The number of hydrazone groups is 1. The Bertz CT molecular complexity index is 494. The largest absolute Gasteiger partial charge is 1.00 e. The zero-order valence-corrected chi connectivity index (χ0v) is 11.6. The number of aromatic amines is 1. The SMILES string of the molecule is N[n+]1cn[nH]c1N/N=C/c1ccc(I)cc1.[Cl-]. The summed E-state index contributed by atoms with van der Waals surface area (Å²) < 4.78 is 2.50. The predicted octanol–water partition coefficient (Wildman–Crippen LogP) is -2.53. The molecule has 0 saturated heterocycles. The number of H-pyrrole nitrogens is 1. The number of nitrogens with one attached hydrogen (secondary N) is 2. The van der Waals surface area contributed by atoms with Crippen molar-refractivity contribution in [1.82, 2.24) is 10.2 Å². The van der Waals surface area contributed by atoms with E-state index in [1.54, 1.807) is 6.21 Å². The van der Waals surface area contributed by atoms with Crippen molar-refractivity contribution in [3.8, 4) is 0 Å². The highest BCUT2D eigenvalue weighted by Crippen LogP contribution is 2.04. The standard InChI is InChI=1S/C9H9IN6.ClH/c10-8-3-1-7(2-4-8)5-12-14-9-15-13-6-16(9)11;/h1-6H,11H2,(H,14,15);1H/b12-5+;. The van der Waals surface area contributed by atoms with Gasteiger partial charge in [-0.25, -0.2) is 0 Å². The van der Waals surface area contributed by atoms with Gasteiger partial charge in [0.15, 0.2) is 0 Å². The Morgan fingerprint density at radius 3 is 2.71 bits per heavy atom. The average Bonchev–Trinajstić information content (AvgIpc) is 2.68. The van der Waals surface area contributed by atoms with Crippen molar-refractivity contribution in [3.05, 3.63) is 39.7 Å². The third-order valence-electron chi connectivity index (χ3n) is 1.86. The van der Waals surface area contributed by atoms with Crippen LogP contribution in [-0.2, 0) is 0 Å². The fourth-order valence-electron chi connectivity index (χ4n) is 1.07. The van der Waals surface area contributed by atoms with E-state index in [1.165, 1.54) is 14.6 Å². The van der Waals surface area contributed by atoms with Crippen molar-refractivity contribution in [1.29, 1.82) is 0 Å². The lowest BCUT2D eigenvalue weighted by Crippen LogP contribution is -3.00. The fraction of sp³-hybridized carbons (Fsp3) is 0. The van der Waals surface area contributed by atoms with Crippen LogP contribution in [0.25, 0.3) is 0 Å². The van der Waals surface area contributed by atoms with Crippen molar-refractivity contribution < 1.29 is 17.1 Å². The second kappa shape index (κ2) is 6.40. The monoisotopic (exact) mass is 364 g/mol. The molecule has 0 aliphatic carbocycles. The van der Waals surface area contributed by atoms with Crippen molar-refractivity contribution in [2.75, 3.05) is 11.3 Å². The molecule has 0 spiro atoms. The topological polar surface area (TPSA) is 83.0 Å². The number of hydrogen-bond acceptors (Lipinski definition) is 4. The lowest BCUT2D eigenvalue weighted by Gasteiger charge is -1.93. The summed E-state index contributed by atoms with van der Waals surface area (Å²) in [6.07, 6.45) is 3.15. The molecule has 1 aromatic heterocycles. The van der Waals surface area contributed by atoms with Gasteiger partial charge < -0.3 is 12.4 Å². The molecule has 17 heavy (non-hydrogen) atoms. The molecular weight excluding hydrogens is 354 g/mol. The van der Waals surface area contributed by atoms with Crippen molar-refractivity contribution in [2.24, 2.45) is 5.10 Å². The number of benzene rings is 1. The summed E-state index contributed by atoms with van der Waals surface area (Å²) in [4.78, 5) is 0. The molecule has 90 valence electrons. The Labute approximate surface area is 118 Å². The molecule has 0 unspecified atom stereocenters. The summed E-state index contributed by atoms with van der Waals surface area (Å²) in [6.45, 7) is 0. The first-order valence-electron chi connectivity index (χ1n) is 4.50. The van der Waals surface area contributed by atoms with Crippen LogP contribution in [0.15, 0.2) is 35.7 Å². The highest BCUT2D eigenvalue weighted by Gasteiger charge is 2.04. The van der Waals surface area contributed by atoms with Gasteiger partial charge in [-0.15, -0.1) is 14.9 Å². The third kappa shape index (κ3) is 3.86.